The largest absolute Gasteiger partial charge is 0.380 e. The number of sulfonamides is 1. The maximum Gasteiger partial charge on any atom is 0.211 e. The van der Waals surface area contributed by atoms with Crippen molar-refractivity contribution >= 4 is 10.0 Å². The maximum atomic E-state index is 11.9. The van der Waals surface area contributed by atoms with E-state index in [4.69, 9.17) is 4.74 Å². The molecule has 0 aliphatic rings. The van der Waals surface area contributed by atoms with Crippen LogP contribution in [0, 0.1) is 5.92 Å². The molecule has 0 radical (unpaired) electrons. The summed E-state index contributed by atoms with van der Waals surface area (Å²) in [7, 11) is -3.21. The smallest absolute Gasteiger partial charge is 0.211 e. The molecule has 5 nitrogen and oxygen atoms in total. The maximum absolute atomic E-state index is 11.9. The van der Waals surface area contributed by atoms with Crippen molar-refractivity contribution in [2.24, 2.45) is 5.92 Å². The van der Waals surface area contributed by atoms with Gasteiger partial charge in [0.25, 0.3) is 0 Å². The van der Waals surface area contributed by atoms with Crippen LogP contribution in [0.15, 0.2) is 0 Å². The van der Waals surface area contributed by atoms with Crippen molar-refractivity contribution in [3.63, 3.8) is 0 Å². The predicted molar refractivity (Wildman–Crippen MR) is 75.2 cm³/mol. The van der Waals surface area contributed by atoms with E-state index in [1.807, 2.05) is 27.7 Å². The quantitative estimate of drug-likeness (QED) is 0.553. The summed E-state index contributed by atoms with van der Waals surface area (Å²) in [6, 6.07) is -0.144. The van der Waals surface area contributed by atoms with Gasteiger partial charge in [0.05, 0.1) is 12.4 Å². The van der Waals surface area contributed by atoms with Gasteiger partial charge in [-0.2, -0.15) is 0 Å². The van der Waals surface area contributed by atoms with Crippen molar-refractivity contribution in [2.75, 3.05) is 32.1 Å². The van der Waals surface area contributed by atoms with Crippen molar-refractivity contribution in [1.82, 2.24) is 10.0 Å². The van der Waals surface area contributed by atoms with Gasteiger partial charge in [-0.05, 0) is 32.4 Å². The fourth-order valence-corrected chi connectivity index (χ4v) is 2.90. The molecule has 18 heavy (non-hydrogen) atoms. The second-order valence-electron chi connectivity index (χ2n) is 4.65. The molecule has 0 saturated heterocycles. The zero-order valence-corrected chi connectivity index (χ0v) is 12.8. The molecule has 0 bridgehead atoms. The lowest BCUT2D eigenvalue weighted by molar-refractivity contribution is 0.116. The summed E-state index contributed by atoms with van der Waals surface area (Å²) in [4.78, 5) is 0. The molecule has 0 aromatic rings. The molecule has 0 aromatic carbocycles. The van der Waals surface area contributed by atoms with Gasteiger partial charge in [-0.25, -0.2) is 13.1 Å². The molecule has 0 amide bonds. The first-order valence-electron chi connectivity index (χ1n) is 6.71. The Morgan fingerprint density at radius 2 is 1.89 bits per heavy atom. The topological polar surface area (TPSA) is 67.4 Å². The summed E-state index contributed by atoms with van der Waals surface area (Å²) in [6.45, 7) is 10.5. The van der Waals surface area contributed by atoms with Gasteiger partial charge in [-0.3, -0.25) is 0 Å². The minimum Gasteiger partial charge on any atom is -0.380 e. The molecule has 0 aliphatic carbocycles. The number of ether oxygens (including phenoxy) is 1. The molecule has 0 fully saturated rings. The highest BCUT2D eigenvalue weighted by Crippen LogP contribution is 2.05. The molecule has 6 heteroatoms. The Kier molecular flexibility index (Phi) is 9.63. The number of nitrogens with one attached hydrogen (secondary N) is 2. The number of hydrogen-bond donors (Lipinski definition) is 2. The van der Waals surface area contributed by atoms with E-state index in [2.05, 4.69) is 10.0 Å². The van der Waals surface area contributed by atoms with Crippen LogP contribution in [0.5, 0.6) is 0 Å². The zero-order chi connectivity index (χ0) is 14.0. The molecular weight excluding hydrogens is 252 g/mol. The normalized spacial score (nSPS) is 14.1. The van der Waals surface area contributed by atoms with Crippen LogP contribution in [0.3, 0.4) is 0 Å². The average Bonchev–Trinajstić information content (AvgIpc) is 2.30. The third-order valence-electron chi connectivity index (χ3n) is 2.65. The van der Waals surface area contributed by atoms with Crippen molar-refractivity contribution in [2.45, 2.75) is 40.2 Å². The van der Waals surface area contributed by atoms with Crippen LogP contribution in [-0.2, 0) is 14.8 Å². The van der Waals surface area contributed by atoms with E-state index in [-0.39, 0.29) is 17.7 Å². The van der Waals surface area contributed by atoms with Gasteiger partial charge in [0, 0.05) is 12.6 Å². The molecule has 0 saturated carbocycles. The molecule has 0 spiro atoms. The van der Waals surface area contributed by atoms with Crippen LogP contribution < -0.4 is 10.0 Å². The molecule has 1 unspecified atom stereocenters. The molecule has 110 valence electrons. The van der Waals surface area contributed by atoms with Gasteiger partial charge >= 0.3 is 0 Å². The SMILES string of the molecule is CCNCCCS(=O)(=O)NC(COCC)C(C)C. The summed E-state index contributed by atoms with van der Waals surface area (Å²) >= 11 is 0. The Hall–Kier alpha value is -0.170. The fourth-order valence-electron chi connectivity index (χ4n) is 1.46. The van der Waals surface area contributed by atoms with Gasteiger partial charge in [-0.1, -0.05) is 20.8 Å². The fraction of sp³-hybridized carbons (Fsp3) is 1.00. The van der Waals surface area contributed by atoms with Gasteiger partial charge < -0.3 is 10.1 Å². The van der Waals surface area contributed by atoms with Crippen LogP contribution in [-0.4, -0.2) is 46.5 Å². The van der Waals surface area contributed by atoms with Gasteiger partial charge in [0.2, 0.25) is 10.0 Å². The predicted octanol–water partition coefficient (Wildman–Crippen LogP) is 0.967. The van der Waals surface area contributed by atoms with Crippen LogP contribution in [0.2, 0.25) is 0 Å². The standard InChI is InChI=1S/C12H28N2O3S/c1-5-13-8-7-9-18(15,16)14-12(11(3)4)10-17-6-2/h11-14H,5-10H2,1-4H3. The molecular formula is C12H28N2O3S. The Morgan fingerprint density at radius 3 is 2.39 bits per heavy atom. The van der Waals surface area contributed by atoms with Crippen LogP contribution >= 0.6 is 0 Å². The Morgan fingerprint density at radius 1 is 1.22 bits per heavy atom. The van der Waals surface area contributed by atoms with Crippen molar-refractivity contribution < 1.29 is 13.2 Å². The summed E-state index contributed by atoms with van der Waals surface area (Å²) in [5.74, 6) is 0.384. The highest BCUT2D eigenvalue weighted by molar-refractivity contribution is 7.89. The van der Waals surface area contributed by atoms with E-state index < -0.39 is 10.0 Å². The second-order valence-corrected chi connectivity index (χ2v) is 6.53. The zero-order valence-electron chi connectivity index (χ0n) is 12.0. The van der Waals surface area contributed by atoms with Crippen LogP contribution in [0.4, 0.5) is 0 Å². The highest BCUT2D eigenvalue weighted by atomic mass is 32.2. The summed E-state index contributed by atoms with van der Waals surface area (Å²) in [5, 5.41) is 3.11. The molecule has 0 aliphatic heterocycles. The second kappa shape index (κ2) is 9.72. The Labute approximate surface area is 112 Å². The van der Waals surface area contributed by atoms with Crippen LogP contribution in [0.25, 0.3) is 0 Å². The number of rotatable bonds is 11. The summed E-state index contributed by atoms with van der Waals surface area (Å²) < 4.78 is 31.8. The third-order valence-corrected chi connectivity index (χ3v) is 4.14. The molecule has 2 N–H and O–H groups in total. The van der Waals surface area contributed by atoms with Crippen molar-refractivity contribution in [1.29, 1.82) is 0 Å². The lowest BCUT2D eigenvalue weighted by Gasteiger charge is -2.22. The number of hydrogen-bond acceptors (Lipinski definition) is 4. The van der Waals surface area contributed by atoms with E-state index in [9.17, 15) is 8.42 Å². The minimum atomic E-state index is -3.21. The highest BCUT2D eigenvalue weighted by Gasteiger charge is 2.20. The third kappa shape index (κ3) is 8.85. The van der Waals surface area contributed by atoms with E-state index in [1.54, 1.807) is 0 Å². The molecule has 1 atom stereocenters. The van der Waals surface area contributed by atoms with Crippen molar-refractivity contribution in [3.8, 4) is 0 Å². The Bertz CT molecular complexity index is 292. The van der Waals surface area contributed by atoms with Crippen LogP contribution in [0.1, 0.15) is 34.1 Å². The first-order chi connectivity index (χ1) is 8.43. The van der Waals surface area contributed by atoms with Crippen molar-refractivity contribution in [3.05, 3.63) is 0 Å². The lowest BCUT2D eigenvalue weighted by atomic mass is 10.1. The molecule has 0 aromatic heterocycles. The van der Waals surface area contributed by atoms with E-state index in [0.29, 0.717) is 19.6 Å². The first kappa shape index (κ1) is 17.8. The van der Waals surface area contributed by atoms with E-state index >= 15 is 0 Å². The summed E-state index contributed by atoms with van der Waals surface area (Å²) in [5.41, 5.74) is 0. The minimum absolute atomic E-state index is 0.144. The van der Waals surface area contributed by atoms with Gasteiger partial charge in [-0.15, -0.1) is 0 Å². The van der Waals surface area contributed by atoms with Gasteiger partial charge in [0.1, 0.15) is 0 Å². The van der Waals surface area contributed by atoms with Gasteiger partial charge in [0.15, 0.2) is 0 Å². The lowest BCUT2D eigenvalue weighted by Crippen LogP contribution is -2.43. The average molecular weight is 280 g/mol. The Balaban J connectivity index is 4.15. The monoisotopic (exact) mass is 280 g/mol. The van der Waals surface area contributed by atoms with E-state index in [1.165, 1.54) is 0 Å². The molecule has 0 heterocycles. The first-order valence-corrected chi connectivity index (χ1v) is 8.36. The molecule has 0 rings (SSSR count). The summed E-state index contributed by atoms with van der Waals surface area (Å²) in [6.07, 6.45) is 0.628. The van der Waals surface area contributed by atoms with E-state index in [0.717, 1.165) is 13.1 Å².